The van der Waals surface area contributed by atoms with Crippen molar-refractivity contribution in [1.82, 2.24) is 19.6 Å². The molecule has 0 radical (unpaired) electrons. The highest BCUT2D eigenvalue weighted by atomic mass is 127. The van der Waals surface area contributed by atoms with Crippen molar-refractivity contribution in [2.24, 2.45) is 0 Å². The zero-order valence-electron chi connectivity index (χ0n) is 14.3. The minimum atomic E-state index is -0.403. The van der Waals surface area contributed by atoms with Gasteiger partial charge in [0.2, 0.25) is 5.43 Å². The van der Waals surface area contributed by atoms with Crippen LogP contribution in [0.1, 0.15) is 5.56 Å². The summed E-state index contributed by atoms with van der Waals surface area (Å²) in [5, 5.41) is 8.74. The standard InChI is InChI=1S/C20H14FIN4O/c1-13-12-25(17-8-7-14(22)11-16(17)21)24-19(20(13)27)18-9-10-23-26(18)15-5-3-2-4-6-15/h2-12H,1H3. The zero-order valence-corrected chi connectivity index (χ0v) is 16.5. The van der Waals surface area contributed by atoms with Gasteiger partial charge in [0.15, 0.2) is 5.69 Å². The Kier molecular flexibility index (Phi) is 4.61. The molecule has 4 aromatic rings. The average Bonchev–Trinajstić information content (AvgIpc) is 3.14. The van der Waals surface area contributed by atoms with E-state index in [-0.39, 0.29) is 16.8 Å². The molecule has 0 saturated heterocycles. The molecule has 0 saturated carbocycles. The number of aromatic nitrogens is 4. The predicted molar refractivity (Wildman–Crippen MR) is 110 cm³/mol. The fraction of sp³-hybridized carbons (Fsp3) is 0.0500. The van der Waals surface area contributed by atoms with Crippen molar-refractivity contribution in [1.29, 1.82) is 0 Å². The van der Waals surface area contributed by atoms with Crippen LogP contribution in [0.3, 0.4) is 0 Å². The van der Waals surface area contributed by atoms with E-state index in [9.17, 15) is 9.18 Å². The van der Waals surface area contributed by atoms with Crippen LogP contribution in [-0.2, 0) is 0 Å². The summed E-state index contributed by atoms with van der Waals surface area (Å²) in [6, 6.07) is 16.1. The highest BCUT2D eigenvalue weighted by Crippen LogP contribution is 2.20. The Morgan fingerprint density at radius 1 is 1.07 bits per heavy atom. The van der Waals surface area contributed by atoms with E-state index in [1.165, 1.54) is 10.7 Å². The molecule has 134 valence electrons. The topological polar surface area (TPSA) is 52.7 Å². The van der Waals surface area contributed by atoms with Crippen molar-refractivity contribution >= 4 is 22.6 Å². The van der Waals surface area contributed by atoms with Gasteiger partial charge in [-0.2, -0.15) is 10.2 Å². The summed E-state index contributed by atoms with van der Waals surface area (Å²) in [6.07, 6.45) is 3.15. The summed E-state index contributed by atoms with van der Waals surface area (Å²) < 4.78 is 18.3. The smallest absolute Gasteiger partial charge is 0.212 e. The number of nitrogens with zero attached hydrogens (tertiary/aromatic N) is 4. The lowest BCUT2D eigenvalue weighted by molar-refractivity contribution is 0.607. The summed E-state index contributed by atoms with van der Waals surface area (Å²) in [5.41, 5.74) is 2.12. The van der Waals surface area contributed by atoms with Crippen LogP contribution >= 0.6 is 22.6 Å². The van der Waals surface area contributed by atoms with Gasteiger partial charge in [-0.15, -0.1) is 0 Å². The molecule has 0 amide bonds. The maximum Gasteiger partial charge on any atom is 0.212 e. The van der Waals surface area contributed by atoms with Crippen molar-refractivity contribution in [2.75, 3.05) is 0 Å². The lowest BCUT2D eigenvalue weighted by atomic mass is 10.2. The Morgan fingerprint density at radius 3 is 2.59 bits per heavy atom. The van der Waals surface area contributed by atoms with Gasteiger partial charge in [0.05, 0.1) is 17.6 Å². The van der Waals surface area contributed by atoms with E-state index >= 15 is 0 Å². The van der Waals surface area contributed by atoms with Crippen LogP contribution in [0.15, 0.2) is 71.8 Å². The zero-order chi connectivity index (χ0) is 19.0. The van der Waals surface area contributed by atoms with E-state index in [1.54, 1.807) is 42.2 Å². The largest absolute Gasteiger partial charge is 0.287 e. The molecule has 2 aromatic carbocycles. The van der Waals surface area contributed by atoms with E-state index in [0.29, 0.717) is 11.3 Å². The number of halogens is 2. The lowest BCUT2D eigenvalue weighted by Gasteiger charge is -2.12. The van der Waals surface area contributed by atoms with E-state index < -0.39 is 5.82 Å². The molecule has 0 N–H and O–H groups in total. The van der Waals surface area contributed by atoms with E-state index in [2.05, 4.69) is 10.2 Å². The van der Waals surface area contributed by atoms with Gasteiger partial charge in [0.1, 0.15) is 11.5 Å². The van der Waals surface area contributed by atoms with Gasteiger partial charge in [-0.05, 0) is 65.9 Å². The maximum atomic E-state index is 14.4. The molecular formula is C20H14FIN4O. The molecule has 27 heavy (non-hydrogen) atoms. The Balaban J connectivity index is 1.92. The number of hydrogen-bond donors (Lipinski definition) is 0. The third kappa shape index (κ3) is 3.30. The fourth-order valence-corrected chi connectivity index (χ4v) is 3.28. The highest BCUT2D eigenvalue weighted by molar-refractivity contribution is 14.1. The Bertz CT molecular complexity index is 1180. The third-order valence-electron chi connectivity index (χ3n) is 4.14. The van der Waals surface area contributed by atoms with Gasteiger partial charge in [-0.1, -0.05) is 18.2 Å². The van der Waals surface area contributed by atoms with Crippen molar-refractivity contribution < 1.29 is 4.39 Å². The molecule has 0 spiro atoms. The van der Waals surface area contributed by atoms with Crippen molar-refractivity contribution in [3.63, 3.8) is 0 Å². The molecule has 0 bridgehead atoms. The van der Waals surface area contributed by atoms with Crippen LogP contribution in [0.4, 0.5) is 4.39 Å². The molecule has 4 rings (SSSR count). The molecule has 0 atom stereocenters. The van der Waals surface area contributed by atoms with Crippen molar-refractivity contribution in [2.45, 2.75) is 6.92 Å². The molecule has 2 heterocycles. The number of aryl methyl sites for hydroxylation is 1. The molecule has 0 fully saturated rings. The normalized spacial score (nSPS) is 10.9. The Morgan fingerprint density at radius 2 is 1.85 bits per heavy atom. The quantitative estimate of drug-likeness (QED) is 0.422. The number of benzene rings is 2. The maximum absolute atomic E-state index is 14.4. The number of para-hydroxylation sites is 1. The molecule has 7 heteroatoms. The first-order valence-corrected chi connectivity index (χ1v) is 9.28. The van der Waals surface area contributed by atoms with Crippen LogP contribution in [0.2, 0.25) is 0 Å². The summed E-state index contributed by atoms with van der Waals surface area (Å²) in [6.45, 7) is 1.69. The SMILES string of the molecule is Cc1cn(-c2ccc(I)cc2F)nc(-c2ccnn2-c2ccccc2)c1=O. The van der Waals surface area contributed by atoms with Crippen molar-refractivity contribution in [3.05, 3.63) is 92.2 Å². The first-order valence-electron chi connectivity index (χ1n) is 8.20. The summed E-state index contributed by atoms with van der Waals surface area (Å²) in [7, 11) is 0. The van der Waals surface area contributed by atoms with Gasteiger partial charge in [-0.25, -0.2) is 13.8 Å². The molecule has 2 aromatic heterocycles. The second-order valence-corrected chi connectivity index (χ2v) is 7.24. The van der Waals surface area contributed by atoms with E-state index in [4.69, 9.17) is 0 Å². The van der Waals surface area contributed by atoms with E-state index in [0.717, 1.165) is 9.26 Å². The number of hydrogen-bond acceptors (Lipinski definition) is 3. The lowest BCUT2D eigenvalue weighted by Crippen LogP contribution is -2.18. The first kappa shape index (κ1) is 17.6. The minimum Gasteiger partial charge on any atom is -0.287 e. The second-order valence-electron chi connectivity index (χ2n) is 5.99. The third-order valence-corrected chi connectivity index (χ3v) is 4.81. The fourth-order valence-electron chi connectivity index (χ4n) is 2.83. The van der Waals surface area contributed by atoms with Crippen LogP contribution in [0, 0.1) is 16.3 Å². The molecular weight excluding hydrogens is 458 g/mol. The molecule has 5 nitrogen and oxygen atoms in total. The van der Waals surface area contributed by atoms with Gasteiger partial charge in [-0.3, -0.25) is 4.79 Å². The average molecular weight is 472 g/mol. The van der Waals surface area contributed by atoms with E-state index in [1.807, 2.05) is 52.9 Å². The number of rotatable bonds is 3. The van der Waals surface area contributed by atoms with Crippen LogP contribution in [0.25, 0.3) is 22.8 Å². The van der Waals surface area contributed by atoms with Gasteiger partial charge >= 0.3 is 0 Å². The summed E-state index contributed by atoms with van der Waals surface area (Å²) in [5.74, 6) is -0.403. The van der Waals surface area contributed by atoms with Gasteiger partial charge in [0, 0.05) is 15.3 Å². The molecule has 0 aliphatic rings. The van der Waals surface area contributed by atoms with Crippen LogP contribution < -0.4 is 5.43 Å². The van der Waals surface area contributed by atoms with Crippen molar-refractivity contribution in [3.8, 4) is 22.8 Å². The van der Waals surface area contributed by atoms with Gasteiger partial charge in [0.25, 0.3) is 0 Å². The first-order chi connectivity index (χ1) is 13.0. The highest BCUT2D eigenvalue weighted by Gasteiger charge is 2.16. The minimum absolute atomic E-state index is 0.213. The molecule has 0 aliphatic carbocycles. The van der Waals surface area contributed by atoms with Crippen LogP contribution in [0.5, 0.6) is 0 Å². The summed E-state index contributed by atoms with van der Waals surface area (Å²) >= 11 is 2.05. The Labute approximate surface area is 168 Å². The monoisotopic (exact) mass is 472 g/mol. The molecule has 0 unspecified atom stereocenters. The second kappa shape index (κ2) is 7.07. The predicted octanol–water partition coefficient (Wildman–Crippen LogP) is 4.14. The van der Waals surface area contributed by atoms with Gasteiger partial charge < -0.3 is 0 Å². The Hall–Kier alpha value is -2.81. The van der Waals surface area contributed by atoms with Crippen LogP contribution in [-0.4, -0.2) is 19.6 Å². The summed E-state index contributed by atoms with van der Waals surface area (Å²) in [4.78, 5) is 12.8. The molecule has 0 aliphatic heterocycles.